The van der Waals surface area contributed by atoms with Gasteiger partial charge in [-0.1, -0.05) is 12.2 Å². The van der Waals surface area contributed by atoms with E-state index in [1.807, 2.05) is 0 Å². The zero-order chi connectivity index (χ0) is 20.3. The molecule has 3 saturated carbocycles. The van der Waals surface area contributed by atoms with Gasteiger partial charge in [0.25, 0.3) is 0 Å². The predicted molar refractivity (Wildman–Crippen MR) is 107 cm³/mol. The van der Waals surface area contributed by atoms with Crippen molar-refractivity contribution >= 4 is 35.0 Å². The number of anilines is 2. The molecule has 4 amide bonds. The highest BCUT2D eigenvalue weighted by Crippen LogP contribution is 2.57. The van der Waals surface area contributed by atoms with Crippen LogP contribution < -0.4 is 9.80 Å². The molecule has 4 bridgehead atoms. The molecule has 7 rings (SSSR count). The summed E-state index contributed by atoms with van der Waals surface area (Å²) in [7, 11) is 0. The van der Waals surface area contributed by atoms with Crippen molar-refractivity contribution in [2.24, 2.45) is 47.3 Å². The van der Waals surface area contributed by atoms with Gasteiger partial charge in [-0.25, -0.2) is 0 Å². The van der Waals surface area contributed by atoms with E-state index in [-0.39, 0.29) is 59.1 Å². The Hall–Kier alpha value is -2.76. The Kier molecular flexibility index (Phi) is 3.10. The van der Waals surface area contributed by atoms with Gasteiger partial charge in [0.1, 0.15) is 0 Å². The van der Waals surface area contributed by atoms with Crippen molar-refractivity contribution in [3.8, 4) is 0 Å². The molecular weight excluding hydrogens is 380 g/mol. The average Bonchev–Trinajstić information content (AvgIpc) is 3.56. The number of hydrogen-bond acceptors (Lipinski definition) is 4. The molecule has 6 heteroatoms. The summed E-state index contributed by atoms with van der Waals surface area (Å²) < 4.78 is 0. The van der Waals surface area contributed by atoms with Crippen LogP contribution in [0.15, 0.2) is 36.4 Å². The Morgan fingerprint density at radius 1 is 0.567 bits per heavy atom. The third kappa shape index (κ3) is 1.86. The van der Waals surface area contributed by atoms with Gasteiger partial charge in [-0.05, 0) is 73.6 Å². The maximum atomic E-state index is 13.0. The van der Waals surface area contributed by atoms with E-state index in [0.29, 0.717) is 23.2 Å². The van der Waals surface area contributed by atoms with Gasteiger partial charge in [-0.2, -0.15) is 0 Å². The summed E-state index contributed by atoms with van der Waals surface area (Å²) in [4.78, 5) is 54.7. The topological polar surface area (TPSA) is 74.8 Å². The summed E-state index contributed by atoms with van der Waals surface area (Å²) >= 11 is 0. The summed E-state index contributed by atoms with van der Waals surface area (Å²) in [6.07, 6.45) is 8.18. The molecule has 0 aromatic heterocycles. The van der Waals surface area contributed by atoms with Crippen LogP contribution >= 0.6 is 0 Å². The van der Waals surface area contributed by atoms with Crippen LogP contribution in [0.1, 0.15) is 25.7 Å². The van der Waals surface area contributed by atoms with Crippen molar-refractivity contribution in [2.45, 2.75) is 25.7 Å². The Balaban J connectivity index is 1.18. The minimum atomic E-state index is -0.233. The van der Waals surface area contributed by atoms with Crippen molar-refractivity contribution < 1.29 is 19.2 Å². The molecule has 4 aliphatic carbocycles. The van der Waals surface area contributed by atoms with Gasteiger partial charge in [0, 0.05) is 0 Å². The minimum Gasteiger partial charge on any atom is -0.274 e. The van der Waals surface area contributed by atoms with Crippen LogP contribution in [0.25, 0.3) is 0 Å². The minimum absolute atomic E-state index is 0.0737. The van der Waals surface area contributed by atoms with Gasteiger partial charge in [0.2, 0.25) is 23.6 Å². The smallest absolute Gasteiger partial charge is 0.238 e. The number of allylic oxidation sites excluding steroid dienone is 2. The zero-order valence-corrected chi connectivity index (χ0v) is 16.4. The normalized spacial score (nSPS) is 42.8. The number of imide groups is 2. The lowest BCUT2D eigenvalue weighted by Gasteiger charge is -2.20. The number of fused-ring (bicyclic) bond motifs is 10. The van der Waals surface area contributed by atoms with E-state index in [1.165, 1.54) is 9.80 Å². The fourth-order valence-corrected chi connectivity index (χ4v) is 7.57. The fraction of sp³-hybridized carbons (Fsp3) is 0.500. The van der Waals surface area contributed by atoms with Crippen molar-refractivity contribution in [3.63, 3.8) is 0 Å². The van der Waals surface area contributed by atoms with E-state index < -0.39 is 0 Å². The summed E-state index contributed by atoms with van der Waals surface area (Å²) in [6, 6.07) is 6.81. The van der Waals surface area contributed by atoms with Crippen LogP contribution in [-0.4, -0.2) is 23.6 Å². The molecule has 5 fully saturated rings. The number of amides is 4. The van der Waals surface area contributed by atoms with E-state index in [1.54, 1.807) is 24.3 Å². The summed E-state index contributed by atoms with van der Waals surface area (Å²) in [5.74, 6) is -0.0971. The molecule has 6 nitrogen and oxygen atoms in total. The van der Waals surface area contributed by atoms with E-state index in [2.05, 4.69) is 12.2 Å². The molecule has 152 valence electrons. The molecular formula is C24H22N2O4. The molecule has 0 radical (unpaired) electrons. The summed E-state index contributed by atoms with van der Waals surface area (Å²) in [5.41, 5.74) is 1.07. The Bertz CT molecular complexity index is 980. The first-order valence-electron chi connectivity index (χ1n) is 11.1. The van der Waals surface area contributed by atoms with Gasteiger partial charge < -0.3 is 0 Å². The molecule has 30 heavy (non-hydrogen) atoms. The number of nitrogens with zero attached hydrogens (tertiary/aromatic N) is 2. The first-order chi connectivity index (χ1) is 14.5. The predicted octanol–water partition coefficient (Wildman–Crippen LogP) is 2.53. The zero-order valence-electron chi connectivity index (χ0n) is 16.4. The first kappa shape index (κ1) is 17.0. The Morgan fingerprint density at radius 2 is 0.967 bits per heavy atom. The van der Waals surface area contributed by atoms with Crippen LogP contribution in [-0.2, 0) is 19.2 Å². The van der Waals surface area contributed by atoms with Crippen molar-refractivity contribution in [1.82, 2.24) is 0 Å². The maximum absolute atomic E-state index is 13.0. The van der Waals surface area contributed by atoms with Crippen molar-refractivity contribution in [3.05, 3.63) is 36.4 Å². The lowest BCUT2D eigenvalue weighted by Crippen LogP contribution is -2.34. The van der Waals surface area contributed by atoms with Gasteiger partial charge in [0.15, 0.2) is 0 Å². The summed E-state index contributed by atoms with van der Waals surface area (Å²) in [6.45, 7) is 0. The van der Waals surface area contributed by atoms with E-state index in [0.717, 1.165) is 25.7 Å². The maximum Gasteiger partial charge on any atom is 0.238 e. The third-order valence-electron chi connectivity index (χ3n) is 8.76. The van der Waals surface area contributed by atoms with Crippen LogP contribution in [0.3, 0.4) is 0 Å². The molecule has 0 unspecified atom stereocenters. The second-order valence-corrected chi connectivity index (χ2v) is 9.92. The van der Waals surface area contributed by atoms with E-state index in [4.69, 9.17) is 0 Å². The van der Waals surface area contributed by atoms with Gasteiger partial charge in [-0.3, -0.25) is 29.0 Å². The molecule has 2 heterocycles. The number of carbonyl (C=O) groups excluding carboxylic acids is 4. The molecule has 0 spiro atoms. The molecule has 2 saturated heterocycles. The van der Waals surface area contributed by atoms with Gasteiger partial charge in [-0.15, -0.1) is 0 Å². The average molecular weight is 402 g/mol. The SMILES string of the molecule is O=C1[C@@H]2[C@H](C(=O)N1c1ccc(N3C(=O)[C@H]4[C@@H]5CC[C@@H](C5)[C@@H]4C3=O)cc1)[C@H]1C=C[C@H]2C1. The van der Waals surface area contributed by atoms with Crippen LogP contribution in [0.2, 0.25) is 0 Å². The van der Waals surface area contributed by atoms with E-state index >= 15 is 0 Å². The molecule has 1 aromatic carbocycles. The van der Waals surface area contributed by atoms with Crippen LogP contribution in [0.4, 0.5) is 11.4 Å². The van der Waals surface area contributed by atoms with Gasteiger partial charge >= 0.3 is 0 Å². The number of rotatable bonds is 2. The Labute approximate surface area is 173 Å². The molecule has 0 N–H and O–H groups in total. The quantitative estimate of drug-likeness (QED) is 0.563. The standard InChI is InChI=1S/C24H22N2O4/c27-21-17-11-1-2-12(9-11)18(17)22(28)25(21)15-5-7-16(8-6-15)26-23(29)19-13-3-4-14(10-13)20(19)24(26)30/h1-2,5-8,11-14,17-20H,3-4,9-10H2/t11-,12-,13-,14+,17-,18+,19-,20-/m0/s1. The third-order valence-corrected chi connectivity index (χ3v) is 8.76. The lowest BCUT2D eigenvalue weighted by atomic mass is 9.81. The number of carbonyl (C=O) groups is 4. The van der Waals surface area contributed by atoms with Crippen LogP contribution in [0.5, 0.6) is 0 Å². The lowest BCUT2D eigenvalue weighted by molar-refractivity contribution is -0.124. The van der Waals surface area contributed by atoms with Gasteiger partial charge in [0.05, 0.1) is 35.0 Å². The Morgan fingerprint density at radius 3 is 1.40 bits per heavy atom. The highest BCUT2D eigenvalue weighted by molar-refractivity contribution is 6.24. The largest absolute Gasteiger partial charge is 0.274 e. The summed E-state index contributed by atoms with van der Waals surface area (Å²) in [5, 5.41) is 0. The molecule has 1 aromatic rings. The van der Waals surface area contributed by atoms with Crippen LogP contribution in [0, 0.1) is 47.3 Å². The highest BCUT2D eigenvalue weighted by Gasteiger charge is 2.61. The monoisotopic (exact) mass is 402 g/mol. The second-order valence-electron chi connectivity index (χ2n) is 9.92. The second kappa shape index (κ2) is 5.48. The van der Waals surface area contributed by atoms with Crippen molar-refractivity contribution in [2.75, 3.05) is 9.80 Å². The molecule has 2 aliphatic heterocycles. The highest BCUT2D eigenvalue weighted by atomic mass is 16.2. The van der Waals surface area contributed by atoms with E-state index in [9.17, 15) is 19.2 Å². The first-order valence-corrected chi connectivity index (χ1v) is 11.1. The number of benzene rings is 1. The molecule has 6 aliphatic rings. The fourth-order valence-electron chi connectivity index (χ4n) is 7.57. The number of hydrogen-bond donors (Lipinski definition) is 0. The van der Waals surface area contributed by atoms with Crippen molar-refractivity contribution in [1.29, 1.82) is 0 Å². The molecule has 8 atom stereocenters.